The number of benzene rings is 1. The lowest BCUT2D eigenvalue weighted by atomic mass is 10.3. The Labute approximate surface area is 114 Å². The Morgan fingerprint density at radius 2 is 2.11 bits per heavy atom. The van der Waals surface area contributed by atoms with Crippen molar-refractivity contribution in [2.24, 2.45) is 0 Å². The maximum atomic E-state index is 11.6. The summed E-state index contributed by atoms with van der Waals surface area (Å²) in [5.74, 6) is 0. The van der Waals surface area contributed by atoms with Crippen LogP contribution in [-0.4, -0.2) is 11.0 Å². The number of hydrogen-bond acceptors (Lipinski definition) is 3. The zero-order valence-corrected chi connectivity index (χ0v) is 11.3. The molecule has 0 radical (unpaired) electrons. The number of aromatic nitrogens is 1. The number of hydrogen-bond donors (Lipinski definition) is 2. The molecule has 0 saturated carbocycles. The van der Waals surface area contributed by atoms with Crippen molar-refractivity contribution in [3.63, 3.8) is 0 Å². The van der Waals surface area contributed by atoms with Gasteiger partial charge in [0.25, 0.3) is 0 Å². The maximum absolute atomic E-state index is 11.6. The SMILES string of the molecule is Cc1cnc(CNC(=O)Nc2ccc(Cl)cc2)s1. The van der Waals surface area contributed by atoms with Gasteiger partial charge in [-0.15, -0.1) is 11.3 Å². The molecule has 0 unspecified atom stereocenters. The second-order valence-corrected chi connectivity index (χ2v) is 5.43. The molecule has 0 bridgehead atoms. The van der Waals surface area contributed by atoms with E-state index in [-0.39, 0.29) is 6.03 Å². The van der Waals surface area contributed by atoms with Gasteiger partial charge in [0.05, 0.1) is 6.54 Å². The lowest BCUT2D eigenvalue weighted by Crippen LogP contribution is -2.28. The molecule has 2 amide bonds. The van der Waals surface area contributed by atoms with Crippen molar-refractivity contribution in [2.45, 2.75) is 13.5 Å². The Morgan fingerprint density at radius 1 is 1.39 bits per heavy atom. The van der Waals surface area contributed by atoms with Crippen molar-refractivity contribution in [3.05, 3.63) is 45.4 Å². The highest BCUT2D eigenvalue weighted by Crippen LogP contribution is 2.13. The summed E-state index contributed by atoms with van der Waals surface area (Å²) in [5.41, 5.74) is 0.701. The number of carbonyl (C=O) groups excluding carboxylic acids is 1. The molecule has 6 heteroatoms. The Morgan fingerprint density at radius 3 is 2.72 bits per heavy atom. The molecule has 0 aliphatic rings. The molecule has 0 fully saturated rings. The van der Waals surface area contributed by atoms with Gasteiger partial charge in [-0.05, 0) is 31.2 Å². The number of rotatable bonds is 3. The molecule has 1 heterocycles. The predicted molar refractivity (Wildman–Crippen MR) is 74.2 cm³/mol. The highest BCUT2D eigenvalue weighted by Gasteiger charge is 2.03. The quantitative estimate of drug-likeness (QED) is 0.906. The first-order chi connectivity index (χ1) is 8.63. The Balaban J connectivity index is 1.83. The summed E-state index contributed by atoms with van der Waals surface area (Å²) in [7, 11) is 0. The third-order valence-corrected chi connectivity index (χ3v) is 3.34. The van der Waals surface area contributed by atoms with E-state index < -0.39 is 0 Å². The molecule has 0 saturated heterocycles. The topological polar surface area (TPSA) is 54.0 Å². The molecule has 18 heavy (non-hydrogen) atoms. The smallest absolute Gasteiger partial charge is 0.319 e. The monoisotopic (exact) mass is 281 g/mol. The van der Waals surface area contributed by atoms with E-state index in [1.165, 1.54) is 0 Å². The number of halogens is 1. The molecule has 0 aliphatic carbocycles. The van der Waals surface area contributed by atoms with Crippen molar-refractivity contribution >= 4 is 34.7 Å². The number of carbonyl (C=O) groups is 1. The fraction of sp³-hybridized carbons (Fsp3) is 0.167. The average Bonchev–Trinajstić information content (AvgIpc) is 2.76. The van der Waals surface area contributed by atoms with Gasteiger partial charge in [-0.25, -0.2) is 9.78 Å². The van der Waals surface area contributed by atoms with Gasteiger partial charge in [-0.2, -0.15) is 0 Å². The minimum Gasteiger partial charge on any atom is -0.331 e. The summed E-state index contributed by atoms with van der Waals surface area (Å²) in [5, 5.41) is 6.98. The minimum absolute atomic E-state index is 0.259. The summed E-state index contributed by atoms with van der Waals surface area (Å²) >= 11 is 7.32. The van der Waals surface area contributed by atoms with Crippen molar-refractivity contribution in [2.75, 3.05) is 5.32 Å². The summed E-state index contributed by atoms with van der Waals surface area (Å²) in [6.45, 7) is 2.41. The first kappa shape index (κ1) is 12.9. The number of urea groups is 1. The van der Waals surface area contributed by atoms with Gasteiger partial charge >= 0.3 is 6.03 Å². The molecule has 2 N–H and O–H groups in total. The second kappa shape index (κ2) is 5.84. The number of thiazole rings is 1. The molecular weight excluding hydrogens is 270 g/mol. The van der Waals surface area contributed by atoms with Crippen molar-refractivity contribution in [3.8, 4) is 0 Å². The van der Waals surface area contributed by atoms with Gasteiger partial charge in [0.2, 0.25) is 0 Å². The fourth-order valence-corrected chi connectivity index (χ4v) is 2.20. The number of nitrogens with one attached hydrogen (secondary N) is 2. The normalized spacial score (nSPS) is 10.1. The average molecular weight is 282 g/mol. The first-order valence-electron chi connectivity index (χ1n) is 5.35. The van der Waals surface area contributed by atoms with E-state index in [1.54, 1.807) is 41.8 Å². The Hall–Kier alpha value is -1.59. The fourth-order valence-electron chi connectivity index (χ4n) is 1.35. The number of anilines is 1. The zero-order valence-electron chi connectivity index (χ0n) is 9.74. The van der Waals surface area contributed by atoms with Crippen LogP contribution in [0.5, 0.6) is 0 Å². The highest BCUT2D eigenvalue weighted by molar-refractivity contribution is 7.11. The third-order valence-electron chi connectivity index (χ3n) is 2.17. The van der Waals surface area contributed by atoms with Crippen LogP contribution in [0.2, 0.25) is 5.02 Å². The lowest BCUT2D eigenvalue weighted by molar-refractivity contribution is 0.251. The van der Waals surface area contributed by atoms with E-state index in [0.29, 0.717) is 17.3 Å². The number of aryl methyl sites for hydroxylation is 1. The minimum atomic E-state index is -0.259. The molecule has 1 aromatic carbocycles. The van der Waals surface area contributed by atoms with Crippen molar-refractivity contribution < 1.29 is 4.79 Å². The van der Waals surface area contributed by atoms with Crippen LogP contribution in [0, 0.1) is 6.92 Å². The van der Waals surface area contributed by atoms with E-state index in [0.717, 1.165) is 9.88 Å². The van der Waals surface area contributed by atoms with Crippen LogP contribution in [0.25, 0.3) is 0 Å². The molecule has 0 spiro atoms. The first-order valence-corrected chi connectivity index (χ1v) is 6.54. The Kier molecular flexibility index (Phi) is 4.17. The van der Waals surface area contributed by atoms with E-state index in [1.807, 2.05) is 6.92 Å². The molecule has 2 rings (SSSR count). The Bertz CT molecular complexity index is 539. The van der Waals surface area contributed by atoms with Crippen LogP contribution >= 0.6 is 22.9 Å². The van der Waals surface area contributed by atoms with Crippen LogP contribution in [0.1, 0.15) is 9.88 Å². The third kappa shape index (κ3) is 3.72. The van der Waals surface area contributed by atoms with E-state index in [2.05, 4.69) is 15.6 Å². The maximum Gasteiger partial charge on any atom is 0.319 e. The molecule has 0 atom stereocenters. The van der Waals surface area contributed by atoms with Gasteiger partial charge in [-0.3, -0.25) is 0 Å². The molecule has 2 aromatic rings. The van der Waals surface area contributed by atoms with Gasteiger partial charge in [0, 0.05) is 21.8 Å². The molecule has 94 valence electrons. The predicted octanol–water partition coefficient (Wildman–Crippen LogP) is 3.43. The molecular formula is C12H12ClN3OS. The van der Waals surface area contributed by atoms with Crippen molar-refractivity contribution in [1.82, 2.24) is 10.3 Å². The number of nitrogens with zero attached hydrogens (tertiary/aromatic N) is 1. The lowest BCUT2D eigenvalue weighted by Gasteiger charge is -2.06. The van der Waals surface area contributed by atoms with E-state index in [4.69, 9.17) is 11.6 Å². The molecule has 1 aromatic heterocycles. The van der Waals surface area contributed by atoms with E-state index in [9.17, 15) is 4.79 Å². The number of amides is 2. The summed E-state index contributed by atoms with van der Waals surface area (Å²) in [6.07, 6.45) is 1.79. The van der Waals surface area contributed by atoms with Gasteiger partial charge in [0.1, 0.15) is 5.01 Å². The summed E-state index contributed by atoms with van der Waals surface area (Å²) < 4.78 is 0. The molecule has 4 nitrogen and oxygen atoms in total. The van der Waals surface area contributed by atoms with Gasteiger partial charge < -0.3 is 10.6 Å². The van der Waals surface area contributed by atoms with Crippen LogP contribution in [0.4, 0.5) is 10.5 Å². The summed E-state index contributed by atoms with van der Waals surface area (Å²) in [6, 6.07) is 6.68. The zero-order chi connectivity index (χ0) is 13.0. The largest absolute Gasteiger partial charge is 0.331 e. The molecule has 0 aliphatic heterocycles. The van der Waals surface area contributed by atoms with Crippen LogP contribution in [0.3, 0.4) is 0 Å². The van der Waals surface area contributed by atoms with E-state index >= 15 is 0 Å². The van der Waals surface area contributed by atoms with Gasteiger partial charge in [-0.1, -0.05) is 11.6 Å². The second-order valence-electron chi connectivity index (χ2n) is 3.68. The van der Waals surface area contributed by atoms with Crippen LogP contribution in [0.15, 0.2) is 30.5 Å². The van der Waals surface area contributed by atoms with Crippen LogP contribution in [-0.2, 0) is 6.54 Å². The highest BCUT2D eigenvalue weighted by atomic mass is 35.5. The van der Waals surface area contributed by atoms with Crippen LogP contribution < -0.4 is 10.6 Å². The standard InChI is InChI=1S/C12H12ClN3OS/c1-8-6-14-11(18-8)7-15-12(17)16-10-4-2-9(13)3-5-10/h2-6H,7H2,1H3,(H2,15,16,17). The van der Waals surface area contributed by atoms with Crippen molar-refractivity contribution in [1.29, 1.82) is 0 Å². The summed E-state index contributed by atoms with van der Waals surface area (Å²) in [4.78, 5) is 16.9. The van der Waals surface area contributed by atoms with Gasteiger partial charge in [0.15, 0.2) is 0 Å².